The topological polar surface area (TPSA) is 41.4 Å². The number of unbranched alkanes of at least 4 members (excludes halogenated alkanes) is 1. The molecule has 0 radical (unpaired) electrons. The second kappa shape index (κ2) is 8.31. The van der Waals surface area contributed by atoms with Gasteiger partial charge >= 0.3 is 0 Å². The normalized spacial score (nSPS) is 14.8. The van der Waals surface area contributed by atoms with Gasteiger partial charge in [-0.25, -0.2) is 0 Å². The van der Waals surface area contributed by atoms with Crippen molar-refractivity contribution in [2.45, 2.75) is 33.2 Å². The maximum Gasteiger partial charge on any atom is 0.259 e. The van der Waals surface area contributed by atoms with Crippen molar-refractivity contribution in [2.24, 2.45) is 0 Å². The first-order valence-corrected chi connectivity index (χ1v) is 9.79. The van der Waals surface area contributed by atoms with Crippen LogP contribution < -0.4 is 4.90 Å². The Hall–Kier alpha value is -1.72. The fraction of sp³-hybridized carbons (Fsp3) is 0.474. The van der Waals surface area contributed by atoms with Crippen molar-refractivity contribution in [3.05, 3.63) is 45.7 Å². The molecule has 1 aliphatic heterocycles. The van der Waals surface area contributed by atoms with Crippen LogP contribution in [0.25, 0.3) is 0 Å². The smallest absolute Gasteiger partial charge is 0.259 e. The molecule has 7 heteroatoms. The van der Waals surface area contributed by atoms with Gasteiger partial charge in [0.25, 0.3) is 5.91 Å². The van der Waals surface area contributed by atoms with Gasteiger partial charge in [-0.3, -0.25) is 9.48 Å². The predicted octanol–water partition coefficient (Wildman–Crippen LogP) is 4.26. The van der Waals surface area contributed by atoms with Gasteiger partial charge in [-0.05, 0) is 31.5 Å². The van der Waals surface area contributed by atoms with E-state index in [0.717, 1.165) is 43.2 Å². The van der Waals surface area contributed by atoms with Gasteiger partial charge < -0.3 is 9.80 Å². The first-order chi connectivity index (χ1) is 12.5. The highest BCUT2D eigenvalue weighted by Gasteiger charge is 2.27. The number of halogens is 2. The highest BCUT2D eigenvalue weighted by molar-refractivity contribution is 6.33. The first kappa shape index (κ1) is 19.1. The van der Waals surface area contributed by atoms with Crippen LogP contribution in [0.15, 0.2) is 24.3 Å². The SMILES string of the molecule is CCCCn1nc(C)c(C(=O)N2CCN(c3cccc(Cl)c3)CC2)c1Cl. The van der Waals surface area contributed by atoms with Crippen molar-refractivity contribution in [3.63, 3.8) is 0 Å². The second-order valence-electron chi connectivity index (χ2n) is 6.59. The molecular weight excluding hydrogens is 371 g/mol. The number of anilines is 1. The molecule has 1 aliphatic rings. The van der Waals surface area contributed by atoms with E-state index in [1.807, 2.05) is 36.1 Å². The van der Waals surface area contributed by atoms with Gasteiger partial charge in [-0.2, -0.15) is 5.10 Å². The molecule has 0 bridgehead atoms. The number of amides is 1. The molecule has 140 valence electrons. The summed E-state index contributed by atoms with van der Waals surface area (Å²) in [6.45, 7) is 7.56. The number of benzene rings is 1. The Labute approximate surface area is 164 Å². The van der Waals surface area contributed by atoms with Gasteiger partial charge in [0, 0.05) is 43.4 Å². The molecule has 0 N–H and O–H groups in total. The maximum absolute atomic E-state index is 13.0. The number of hydrogen-bond donors (Lipinski definition) is 0. The average molecular weight is 395 g/mol. The number of carbonyl (C=O) groups excluding carboxylic acids is 1. The van der Waals surface area contributed by atoms with Crippen molar-refractivity contribution in [2.75, 3.05) is 31.1 Å². The van der Waals surface area contributed by atoms with Crippen molar-refractivity contribution in [3.8, 4) is 0 Å². The molecule has 1 amide bonds. The van der Waals surface area contributed by atoms with E-state index in [-0.39, 0.29) is 5.91 Å². The lowest BCUT2D eigenvalue weighted by molar-refractivity contribution is 0.0746. The summed E-state index contributed by atoms with van der Waals surface area (Å²) in [5.41, 5.74) is 2.33. The predicted molar refractivity (Wildman–Crippen MR) is 106 cm³/mol. The standard InChI is InChI=1S/C19H24Cl2N4O/c1-3-4-8-25-18(21)17(14(2)22-25)19(26)24-11-9-23(10-12-24)16-7-5-6-15(20)13-16/h5-7,13H,3-4,8-12H2,1-2H3. The minimum atomic E-state index is -0.0269. The number of hydrogen-bond acceptors (Lipinski definition) is 3. The molecule has 1 fully saturated rings. The number of rotatable bonds is 5. The van der Waals surface area contributed by atoms with Crippen LogP contribution in [-0.4, -0.2) is 46.8 Å². The van der Waals surface area contributed by atoms with Gasteiger partial charge in [0.05, 0.1) is 11.3 Å². The van der Waals surface area contributed by atoms with Crippen LogP contribution >= 0.6 is 23.2 Å². The molecule has 1 aromatic carbocycles. The fourth-order valence-electron chi connectivity index (χ4n) is 3.25. The molecule has 0 unspecified atom stereocenters. The van der Waals surface area contributed by atoms with E-state index < -0.39 is 0 Å². The summed E-state index contributed by atoms with van der Waals surface area (Å²) in [5.74, 6) is -0.0269. The molecule has 3 rings (SSSR count). The average Bonchev–Trinajstić information content (AvgIpc) is 2.93. The third kappa shape index (κ3) is 3.99. The number of aromatic nitrogens is 2. The lowest BCUT2D eigenvalue weighted by Crippen LogP contribution is -2.49. The fourth-order valence-corrected chi connectivity index (χ4v) is 3.78. The van der Waals surface area contributed by atoms with E-state index in [1.165, 1.54) is 0 Å². The molecule has 1 aromatic heterocycles. The molecule has 0 atom stereocenters. The third-order valence-corrected chi connectivity index (χ3v) is 5.36. The Kier molecular flexibility index (Phi) is 6.09. The van der Waals surface area contributed by atoms with Crippen LogP contribution in [0, 0.1) is 6.92 Å². The van der Waals surface area contributed by atoms with Crippen molar-refractivity contribution in [1.82, 2.24) is 14.7 Å². The largest absolute Gasteiger partial charge is 0.368 e. The quantitative estimate of drug-likeness (QED) is 0.760. The maximum atomic E-state index is 13.0. The Morgan fingerprint density at radius 1 is 1.19 bits per heavy atom. The summed E-state index contributed by atoms with van der Waals surface area (Å²) < 4.78 is 1.75. The first-order valence-electron chi connectivity index (χ1n) is 9.04. The van der Waals surface area contributed by atoms with E-state index in [0.29, 0.717) is 29.5 Å². The summed E-state index contributed by atoms with van der Waals surface area (Å²) in [6, 6.07) is 7.81. The Morgan fingerprint density at radius 3 is 2.58 bits per heavy atom. The Bertz CT molecular complexity index is 782. The molecule has 0 saturated carbocycles. The highest BCUT2D eigenvalue weighted by Crippen LogP contribution is 2.24. The molecule has 1 saturated heterocycles. The summed E-state index contributed by atoms with van der Waals surface area (Å²) >= 11 is 12.5. The molecule has 26 heavy (non-hydrogen) atoms. The zero-order valence-corrected chi connectivity index (χ0v) is 16.7. The molecular formula is C19H24Cl2N4O. The van der Waals surface area contributed by atoms with Crippen LogP contribution in [0.2, 0.25) is 10.2 Å². The van der Waals surface area contributed by atoms with Gasteiger partial charge in [0.1, 0.15) is 5.15 Å². The van der Waals surface area contributed by atoms with Crippen LogP contribution in [0.4, 0.5) is 5.69 Å². The van der Waals surface area contributed by atoms with Crippen molar-refractivity contribution >= 4 is 34.8 Å². The lowest BCUT2D eigenvalue weighted by Gasteiger charge is -2.36. The molecule has 2 aromatic rings. The third-order valence-electron chi connectivity index (χ3n) is 4.74. The van der Waals surface area contributed by atoms with Crippen LogP contribution in [0.3, 0.4) is 0 Å². The minimum absolute atomic E-state index is 0.0269. The van der Waals surface area contributed by atoms with Gasteiger partial charge in [-0.1, -0.05) is 42.6 Å². The van der Waals surface area contributed by atoms with E-state index >= 15 is 0 Å². The number of nitrogens with zero attached hydrogens (tertiary/aromatic N) is 4. The van der Waals surface area contributed by atoms with E-state index in [4.69, 9.17) is 23.2 Å². The van der Waals surface area contributed by atoms with Crippen LogP contribution in [0.5, 0.6) is 0 Å². The summed E-state index contributed by atoms with van der Waals surface area (Å²) in [6.07, 6.45) is 2.05. The molecule has 0 spiro atoms. The van der Waals surface area contributed by atoms with Crippen LogP contribution in [-0.2, 0) is 6.54 Å². The summed E-state index contributed by atoms with van der Waals surface area (Å²) in [7, 11) is 0. The zero-order chi connectivity index (χ0) is 18.7. The monoisotopic (exact) mass is 394 g/mol. The number of carbonyl (C=O) groups is 1. The number of aryl methyl sites for hydroxylation is 2. The minimum Gasteiger partial charge on any atom is -0.368 e. The van der Waals surface area contributed by atoms with Crippen molar-refractivity contribution in [1.29, 1.82) is 0 Å². The summed E-state index contributed by atoms with van der Waals surface area (Å²) in [4.78, 5) is 17.1. The summed E-state index contributed by atoms with van der Waals surface area (Å²) in [5, 5.41) is 5.63. The van der Waals surface area contributed by atoms with Crippen molar-refractivity contribution < 1.29 is 4.79 Å². The lowest BCUT2D eigenvalue weighted by atomic mass is 10.2. The molecule has 2 heterocycles. The highest BCUT2D eigenvalue weighted by atomic mass is 35.5. The van der Waals surface area contributed by atoms with E-state index in [2.05, 4.69) is 16.9 Å². The van der Waals surface area contributed by atoms with Gasteiger partial charge in [0.2, 0.25) is 0 Å². The van der Waals surface area contributed by atoms with E-state index in [9.17, 15) is 4.79 Å². The van der Waals surface area contributed by atoms with Gasteiger partial charge in [-0.15, -0.1) is 0 Å². The number of piperazine rings is 1. The van der Waals surface area contributed by atoms with E-state index in [1.54, 1.807) is 4.68 Å². The zero-order valence-electron chi connectivity index (χ0n) is 15.2. The van der Waals surface area contributed by atoms with Crippen LogP contribution in [0.1, 0.15) is 35.8 Å². The molecule has 0 aliphatic carbocycles. The Balaban J connectivity index is 1.68. The molecule has 5 nitrogen and oxygen atoms in total. The van der Waals surface area contributed by atoms with Gasteiger partial charge in [0.15, 0.2) is 0 Å². The second-order valence-corrected chi connectivity index (χ2v) is 7.38. The Morgan fingerprint density at radius 2 is 1.92 bits per heavy atom.